The van der Waals surface area contributed by atoms with Crippen molar-refractivity contribution in [3.05, 3.63) is 59.3 Å². The van der Waals surface area contributed by atoms with Gasteiger partial charge in [0, 0.05) is 25.2 Å². The lowest BCUT2D eigenvalue weighted by Gasteiger charge is -2.44. The molecular formula is C27H31N5O2. The second-order valence-electron chi connectivity index (χ2n) is 9.78. The smallest absolute Gasteiger partial charge is 0.318 e. The van der Waals surface area contributed by atoms with Crippen molar-refractivity contribution >= 4 is 11.7 Å². The lowest BCUT2D eigenvalue weighted by molar-refractivity contribution is -0.128. The number of rotatable bonds is 4. The average molecular weight is 458 g/mol. The molecule has 7 nitrogen and oxygen atoms in total. The Kier molecular flexibility index (Phi) is 5.99. The van der Waals surface area contributed by atoms with E-state index in [1.807, 2.05) is 0 Å². The van der Waals surface area contributed by atoms with Gasteiger partial charge in [0.2, 0.25) is 5.91 Å². The fourth-order valence-corrected chi connectivity index (χ4v) is 6.05. The number of amides is 1. The molecule has 1 aliphatic heterocycles. The molecule has 1 amide bonds. The van der Waals surface area contributed by atoms with E-state index in [9.17, 15) is 10.1 Å². The topological polar surface area (TPSA) is 82.3 Å². The van der Waals surface area contributed by atoms with Crippen molar-refractivity contribution in [1.29, 1.82) is 5.26 Å². The van der Waals surface area contributed by atoms with Crippen LogP contribution in [0.15, 0.2) is 36.9 Å². The van der Waals surface area contributed by atoms with Crippen LogP contribution >= 0.6 is 0 Å². The van der Waals surface area contributed by atoms with E-state index >= 15 is 0 Å². The maximum atomic E-state index is 12.3. The summed E-state index contributed by atoms with van der Waals surface area (Å²) in [5.41, 5.74) is 5.48. The van der Waals surface area contributed by atoms with Crippen LogP contribution in [0, 0.1) is 16.7 Å². The Balaban J connectivity index is 1.44. The maximum Gasteiger partial charge on any atom is 0.318 e. The third-order valence-electron chi connectivity index (χ3n) is 7.86. The molecule has 1 spiro atoms. The van der Waals surface area contributed by atoms with Crippen molar-refractivity contribution in [3.63, 3.8) is 0 Å². The lowest BCUT2D eigenvalue weighted by atomic mass is 9.63. The van der Waals surface area contributed by atoms with E-state index in [0.29, 0.717) is 25.6 Å². The average Bonchev–Trinajstić information content (AvgIpc) is 2.87. The molecule has 1 aromatic carbocycles. The molecule has 0 saturated carbocycles. The molecule has 2 atom stereocenters. The molecule has 1 fully saturated rings. The summed E-state index contributed by atoms with van der Waals surface area (Å²) in [6, 6.07) is 11.3. The van der Waals surface area contributed by atoms with Gasteiger partial charge in [0.25, 0.3) is 0 Å². The number of carbonyl (C=O) groups excluding carboxylic acids is 1. The quantitative estimate of drug-likeness (QED) is 0.656. The zero-order chi connectivity index (χ0) is 23.7. The highest BCUT2D eigenvalue weighted by atomic mass is 16.5. The third-order valence-corrected chi connectivity index (χ3v) is 7.86. The largest absolute Gasteiger partial charge is 0.467 e. The number of nitrogens with zero attached hydrogens (tertiary/aromatic N) is 5. The van der Waals surface area contributed by atoms with Gasteiger partial charge in [0.1, 0.15) is 5.82 Å². The molecule has 0 N–H and O–H groups in total. The molecule has 2 heterocycles. The van der Waals surface area contributed by atoms with Gasteiger partial charge < -0.3 is 14.5 Å². The highest BCUT2D eigenvalue weighted by Crippen LogP contribution is 2.46. The van der Waals surface area contributed by atoms with Crippen LogP contribution in [0.4, 0.5) is 5.82 Å². The van der Waals surface area contributed by atoms with Crippen LogP contribution in [0.3, 0.4) is 0 Å². The highest BCUT2D eigenvalue weighted by molar-refractivity contribution is 5.87. The Labute approximate surface area is 201 Å². The van der Waals surface area contributed by atoms with E-state index in [-0.39, 0.29) is 23.8 Å². The molecule has 2 aliphatic carbocycles. The number of benzene rings is 1. The van der Waals surface area contributed by atoms with Crippen LogP contribution in [-0.2, 0) is 30.5 Å². The SMILES string of the molecule is C=CC(=O)N1CCN(c2nc(OC)nc3c2CCC2(CCc4ccccc4C2)C3)C[C@@H]1CC#N. The van der Waals surface area contributed by atoms with Gasteiger partial charge in [-0.25, -0.2) is 0 Å². The molecule has 1 unspecified atom stereocenters. The molecule has 3 aliphatic rings. The number of fused-ring (bicyclic) bond motifs is 2. The first-order valence-electron chi connectivity index (χ1n) is 12.1. The Hall–Kier alpha value is -3.40. The van der Waals surface area contributed by atoms with E-state index in [4.69, 9.17) is 14.7 Å². The fourth-order valence-electron chi connectivity index (χ4n) is 6.05. The monoisotopic (exact) mass is 457 g/mol. The van der Waals surface area contributed by atoms with Crippen molar-refractivity contribution in [3.8, 4) is 12.1 Å². The number of hydrogen-bond acceptors (Lipinski definition) is 6. The van der Waals surface area contributed by atoms with Crippen molar-refractivity contribution in [2.45, 2.75) is 51.0 Å². The lowest BCUT2D eigenvalue weighted by Crippen LogP contribution is -2.55. The van der Waals surface area contributed by atoms with E-state index in [1.54, 1.807) is 12.0 Å². The van der Waals surface area contributed by atoms with Crippen LogP contribution in [0.25, 0.3) is 0 Å². The van der Waals surface area contributed by atoms with E-state index in [2.05, 4.69) is 41.8 Å². The van der Waals surface area contributed by atoms with Crippen LogP contribution in [0.1, 0.15) is 41.6 Å². The second kappa shape index (κ2) is 9.09. The second-order valence-corrected chi connectivity index (χ2v) is 9.78. The normalized spacial score (nSPS) is 23.6. The minimum absolute atomic E-state index is 0.123. The number of methoxy groups -OCH3 is 1. The Morgan fingerprint density at radius 3 is 2.79 bits per heavy atom. The minimum atomic E-state index is -0.189. The molecule has 2 aromatic rings. The first kappa shape index (κ1) is 22.4. The third kappa shape index (κ3) is 4.02. The Morgan fingerprint density at radius 2 is 2.03 bits per heavy atom. The molecular weight excluding hydrogens is 426 g/mol. The zero-order valence-electron chi connectivity index (χ0n) is 19.8. The molecule has 34 heavy (non-hydrogen) atoms. The fraction of sp³-hybridized carbons (Fsp3) is 0.481. The zero-order valence-corrected chi connectivity index (χ0v) is 19.8. The molecule has 1 aromatic heterocycles. The Morgan fingerprint density at radius 1 is 1.24 bits per heavy atom. The number of anilines is 1. The first-order valence-corrected chi connectivity index (χ1v) is 12.1. The number of carbonyl (C=O) groups is 1. The van der Waals surface area contributed by atoms with Gasteiger partial charge in [0.15, 0.2) is 0 Å². The predicted molar refractivity (Wildman–Crippen MR) is 130 cm³/mol. The maximum absolute atomic E-state index is 12.3. The summed E-state index contributed by atoms with van der Waals surface area (Å²) >= 11 is 0. The summed E-state index contributed by atoms with van der Waals surface area (Å²) in [6.45, 7) is 5.39. The van der Waals surface area contributed by atoms with E-state index < -0.39 is 0 Å². The molecule has 1 saturated heterocycles. The van der Waals surface area contributed by atoms with Gasteiger partial charge >= 0.3 is 6.01 Å². The number of aromatic nitrogens is 2. The van der Waals surface area contributed by atoms with Gasteiger partial charge in [-0.1, -0.05) is 30.8 Å². The van der Waals surface area contributed by atoms with E-state index in [0.717, 1.165) is 43.6 Å². The standard InChI is InChI=1S/C27H31N5O2/c1-3-24(33)32-15-14-31(18-21(32)10-13-28)25-22-9-12-27(17-23(22)29-26(30-25)34-2)11-8-19-6-4-5-7-20(19)16-27/h3-7,21H,1,8-12,14-18H2,2H3/t21-,27?/m0/s1. The molecule has 7 heteroatoms. The first-order chi connectivity index (χ1) is 16.6. The van der Waals surface area contributed by atoms with E-state index in [1.165, 1.54) is 29.2 Å². The van der Waals surface area contributed by atoms with Crippen molar-refractivity contribution < 1.29 is 9.53 Å². The van der Waals surface area contributed by atoms with Crippen LogP contribution in [-0.4, -0.2) is 53.6 Å². The molecule has 0 bridgehead atoms. The molecule has 5 rings (SSSR count). The van der Waals surface area contributed by atoms with Crippen LogP contribution < -0.4 is 9.64 Å². The minimum Gasteiger partial charge on any atom is -0.467 e. The van der Waals surface area contributed by atoms with Crippen molar-refractivity contribution in [1.82, 2.24) is 14.9 Å². The molecule has 176 valence electrons. The number of hydrogen-bond donors (Lipinski definition) is 0. The summed E-state index contributed by atoms with van der Waals surface area (Å²) < 4.78 is 5.52. The van der Waals surface area contributed by atoms with Gasteiger partial charge in [-0.15, -0.1) is 0 Å². The predicted octanol–water partition coefficient (Wildman–Crippen LogP) is 3.27. The summed E-state index contributed by atoms with van der Waals surface area (Å²) in [4.78, 5) is 25.9. The van der Waals surface area contributed by atoms with Gasteiger partial charge in [-0.05, 0) is 61.1 Å². The van der Waals surface area contributed by atoms with Crippen molar-refractivity contribution in [2.24, 2.45) is 5.41 Å². The highest BCUT2D eigenvalue weighted by Gasteiger charge is 2.40. The van der Waals surface area contributed by atoms with Gasteiger partial charge in [-0.2, -0.15) is 15.2 Å². The van der Waals surface area contributed by atoms with Crippen LogP contribution in [0.2, 0.25) is 0 Å². The molecule has 0 radical (unpaired) electrons. The van der Waals surface area contributed by atoms with Gasteiger partial charge in [0.05, 0.1) is 31.3 Å². The summed E-state index contributed by atoms with van der Waals surface area (Å²) in [6.07, 6.45) is 7.99. The summed E-state index contributed by atoms with van der Waals surface area (Å²) in [5, 5.41) is 9.35. The number of aryl methyl sites for hydroxylation is 1. The summed E-state index contributed by atoms with van der Waals surface area (Å²) in [7, 11) is 1.61. The number of piperazine rings is 1. The number of nitriles is 1. The van der Waals surface area contributed by atoms with Crippen LogP contribution in [0.5, 0.6) is 6.01 Å². The Bertz CT molecular complexity index is 1160. The van der Waals surface area contributed by atoms with Crippen molar-refractivity contribution in [2.75, 3.05) is 31.6 Å². The summed E-state index contributed by atoms with van der Waals surface area (Å²) in [5.74, 6) is 0.781. The van der Waals surface area contributed by atoms with Gasteiger partial charge in [-0.3, -0.25) is 4.79 Å². The number of ether oxygens (including phenoxy) is 1.